The van der Waals surface area contributed by atoms with Crippen molar-refractivity contribution in [2.24, 2.45) is 0 Å². The second-order valence-corrected chi connectivity index (χ2v) is 11.2. The van der Waals surface area contributed by atoms with Gasteiger partial charge in [0.25, 0.3) is 0 Å². The van der Waals surface area contributed by atoms with Crippen LogP contribution >= 0.6 is 0 Å². The van der Waals surface area contributed by atoms with E-state index in [9.17, 15) is 14.7 Å². The lowest BCUT2D eigenvalue weighted by Gasteiger charge is -2.15. The molecule has 0 spiro atoms. The number of hydrogen-bond acceptors (Lipinski definition) is 5. The summed E-state index contributed by atoms with van der Waals surface area (Å²) in [6, 6.07) is 0. The molecule has 0 amide bonds. The van der Waals surface area contributed by atoms with Crippen molar-refractivity contribution < 1.29 is 24.2 Å². The highest BCUT2D eigenvalue weighted by molar-refractivity contribution is 5.70. The Morgan fingerprint density at radius 2 is 0.870 bits per heavy atom. The molecular weight excluding hydrogens is 572 g/mol. The third kappa shape index (κ3) is 33.7. The number of aliphatic hydroxyl groups excluding tert-OH is 1. The molecule has 0 aromatic heterocycles. The molecule has 0 aliphatic carbocycles. The fraction of sp³-hybridized carbons (Fsp3) is 0.561. The van der Waals surface area contributed by atoms with Crippen LogP contribution in [0.2, 0.25) is 0 Å². The van der Waals surface area contributed by atoms with Gasteiger partial charge in [-0.05, 0) is 89.9 Å². The van der Waals surface area contributed by atoms with Crippen LogP contribution in [0.25, 0.3) is 0 Å². The average molecular weight is 637 g/mol. The molecule has 5 heteroatoms. The normalized spacial score (nSPS) is 13.4. The van der Waals surface area contributed by atoms with E-state index in [0.29, 0.717) is 12.8 Å². The molecule has 0 radical (unpaired) electrons. The quantitative estimate of drug-likeness (QED) is 0.0482. The SMILES string of the molecule is CC/C=C\C/C=C\C/C=C\C/C=C\CCCCCCC(=O)O[C@@H](CO)COC(=O)CCCC/C=C\C/C=C\C/C=C\C/C=C\CC. The summed E-state index contributed by atoms with van der Waals surface area (Å²) in [6.45, 7) is 3.82. The standard InChI is InChI=1S/C41H64O5/c1-3-5-7-9-11-13-15-17-19-20-22-24-26-28-30-32-34-36-41(44)46-39(37-42)38-45-40(43)35-33-31-29-27-25-23-21-18-16-14-12-10-8-6-4-2/h5-8,11-14,17-19,21-22,24-25,27,39,42H,3-4,9-10,15-16,20,23,26,28-38H2,1-2H3/b7-5-,8-6-,13-11-,14-12-,19-17-,21-18-,24-22-,27-25-/t39-/m0/s1. The van der Waals surface area contributed by atoms with E-state index in [0.717, 1.165) is 103 Å². The van der Waals surface area contributed by atoms with E-state index >= 15 is 0 Å². The minimum Gasteiger partial charge on any atom is -0.462 e. The van der Waals surface area contributed by atoms with Crippen LogP contribution in [0, 0.1) is 0 Å². The first-order chi connectivity index (χ1) is 22.6. The number of hydrogen-bond donors (Lipinski definition) is 1. The lowest BCUT2D eigenvalue weighted by Crippen LogP contribution is -2.28. The van der Waals surface area contributed by atoms with Crippen LogP contribution in [0.5, 0.6) is 0 Å². The summed E-state index contributed by atoms with van der Waals surface area (Å²) in [5, 5.41) is 9.52. The Labute approximate surface area is 281 Å². The zero-order valence-corrected chi connectivity index (χ0v) is 29.0. The molecule has 0 aromatic rings. The van der Waals surface area contributed by atoms with Crippen LogP contribution in [0.1, 0.15) is 129 Å². The van der Waals surface area contributed by atoms with Crippen molar-refractivity contribution in [3.8, 4) is 0 Å². The van der Waals surface area contributed by atoms with E-state index in [1.54, 1.807) is 0 Å². The number of rotatable bonds is 30. The summed E-state index contributed by atoms with van der Waals surface area (Å²) in [4.78, 5) is 24.2. The molecule has 0 heterocycles. The van der Waals surface area contributed by atoms with Crippen molar-refractivity contribution in [1.82, 2.24) is 0 Å². The molecule has 5 nitrogen and oxygen atoms in total. The van der Waals surface area contributed by atoms with Gasteiger partial charge in [-0.1, -0.05) is 124 Å². The Kier molecular flexibility index (Phi) is 33.8. The van der Waals surface area contributed by atoms with Gasteiger partial charge in [0.15, 0.2) is 6.10 Å². The summed E-state index contributed by atoms with van der Waals surface area (Å²) in [7, 11) is 0. The fourth-order valence-electron chi connectivity index (χ4n) is 4.24. The van der Waals surface area contributed by atoms with E-state index in [4.69, 9.17) is 9.47 Å². The van der Waals surface area contributed by atoms with E-state index < -0.39 is 6.10 Å². The largest absolute Gasteiger partial charge is 0.462 e. The highest BCUT2D eigenvalue weighted by Crippen LogP contribution is 2.09. The minimum absolute atomic E-state index is 0.104. The zero-order valence-electron chi connectivity index (χ0n) is 29.0. The third-order valence-corrected chi connectivity index (χ3v) is 6.87. The number of aliphatic hydroxyl groups is 1. The van der Waals surface area contributed by atoms with Gasteiger partial charge in [-0.2, -0.15) is 0 Å². The summed E-state index contributed by atoms with van der Waals surface area (Å²) in [6.07, 6.45) is 50.3. The molecule has 0 aliphatic rings. The van der Waals surface area contributed by atoms with Crippen molar-refractivity contribution in [3.05, 3.63) is 97.2 Å². The summed E-state index contributed by atoms with van der Waals surface area (Å²) >= 11 is 0. The van der Waals surface area contributed by atoms with Gasteiger partial charge in [-0.3, -0.25) is 9.59 Å². The van der Waals surface area contributed by atoms with Crippen LogP contribution in [-0.2, 0) is 19.1 Å². The molecule has 0 aromatic carbocycles. The molecule has 0 fully saturated rings. The molecule has 1 N–H and O–H groups in total. The Morgan fingerprint density at radius 1 is 0.500 bits per heavy atom. The lowest BCUT2D eigenvalue weighted by molar-refractivity contribution is -0.161. The van der Waals surface area contributed by atoms with Gasteiger partial charge in [-0.15, -0.1) is 0 Å². The van der Waals surface area contributed by atoms with E-state index in [-0.39, 0.29) is 25.2 Å². The van der Waals surface area contributed by atoms with Gasteiger partial charge in [0.05, 0.1) is 6.61 Å². The Balaban J connectivity index is 3.74. The number of unbranched alkanes of at least 4 members (excludes halogenated alkanes) is 6. The van der Waals surface area contributed by atoms with Gasteiger partial charge >= 0.3 is 11.9 Å². The predicted octanol–water partition coefficient (Wildman–Crippen LogP) is 10.9. The molecule has 0 saturated carbocycles. The van der Waals surface area contributed by atoms with Gasteiger partial charge in [-0.25, -0.2) is 0 Å². The van der Waals surface area contributed by atoms with Crippen LogP contribution in [0.4, 0.5) is 0 Å². The van der Waals surface area contributed by atoms with Crippen molar-refractivity contribution in [2.75, 3.05) is 13.2 Å². The molecule has 0 bridgehead atoms. The van der Waals surface area contributed by atoms with Crippen molar-refractivity contribution in [3.63, 3.8) is 0 Å². The van der Waals surface area contributed by atoms with Crippen molar-refractivity contribution in [2.45, 2.75) is 136 Å². The molecular formula is C41H64O5. The van der Waals surface area contributed by atoms with Crippen LogP contribution in [0.15, 0.2) is 97.2 Å². The molecule has 0 rings (SSSR count). The number of carbonyl (C=O) groups is 2. The number of carbonyl (C=O) groups excluding carboxylic acids is 2. The van der Waals surface area contributed by atoms with Gasteiger partial charge in [0.2, 0.25) is 0 Å². The monoisotopic (exact) mass is 636 g/mol. The minimum atomic E-state index is -0.806. The van der Waals surface area contributed by atoms with Gasteiger partial charge in [0.1, 0.15) is 6.61 Å². The van der Waals surface area contributed by atoms with E-state index in [1.807, 2.05) is 0 Å². The molecule has 0 aliphatic heterocycles. The predicted molar refractivity (Wildman–Crippen MR) is 195 cm³/mol. The smallest absolute Gasteiger partial charge is 0.306 e. The van der Waals surface area contributed by atoms with E-state index in [2.05, 4.69) is 111 Å². The molecule has 0 saturated heterocycles. The maximum atomic E-state index is 12.1. The Bertz CT molecular complexity index is 948. The Morgan fingerprint density at radius 3 is 1.33 bits per heavy atom. The highest BCUT2D eigenvalue weighted by atomic mass is 16.6. The van der Waals surface area contributed by atoms with Gasteiger partial charge < -0.3 is 14.6 Å². The van der Waals surface area contributed by atoms with Crippen LogP contribution < -0.4 is 0 Å². The number of esters is 2. The third-order valence-electron chi connectivity index (χ3n) is 6.87. The first-order valence-corrected chi connectivity index (χ1v) is 17.8. The lowest BCUT2D eigenvalue weighted by atomic mass is 10.1. The number of allylic oxidation sites excluding steroid dienone is 16. The number of ether oxygens (including phenoxy) is 2. The first-order valence-electron chi connectivity index (χ1n) is 17.8. The maximum Gasteiger partial charge on any atom is 0.306 e. The van der Waals surface area contributed by atoms with E-state index in [1.165, 1.54) is 0 Å². The van der Waals surface area contributed by atoms with Crippen LogP contribution in [0.3, 0.4) is 0 Å². The molecule has 1 atom stereocenters. The van der Waals surface area contributed by atoms with Crippen molar-refractivity contribution in [1.29, 1.82) is 0 Å². The second-order valence-electron chi connectivity index (χ2n) is 11.2. The summed E-state index contributed by atoms with van der Waals surface area (Å²) in [5.41, 5.74) is 0. The van der Waals surface area contributed by atoms with Crippen LogP contribution in [-0.4, -0.2) is 36.4 Å². The van der Waals surface area contributed by atoms with Gasteiger partial charge in [0, 0.05) is 12.8 Å². The summed E-state index contributed by atoms with van der Waals surface area (Å²) < 4.78 is 10.5. The topological polar surface area (TPSA) is 72.8 Å². The second kappa shape index (κ2) is 36.3. The molecule has 258 valence electrons. The fourth-order valence-corrected chi connectivity index (χ4v) is 4.24. The highest BCUT2D eigenvalue weighted by Gasteiger charge is 2.16. The maximum absolute atomic E-state index is 12.1. The zero-order chi connectivity index (χ0) is 33.6. The first kappa shape index (κ1) is 42.8. The molecule has 46 heavy (non-hydrogen) atoms. The van der Waals surface area contributed by atoms with Crippen molar-refractivity contribution >= 4 is 11.9 Å². The average Bonchev–Trinajstić information content (AvgIpc) is 3.06. The summed E-state index contributed by atoms with van der Waals surface area (Å²) in [5.74, 6) is -0.681. The Hall–Kier alpha value is -3.18. The molecule has 0 unspecified atom stereocenters.